The summed E-state index contributed by atoms with van der Waals surface area (Å²) >= 11 is 0. The third kappa shape index (κ3) is 7.42. The summed E-state index contributed by atoms with van der Waals surface area (Å²) in [5, 5.41) is 53.3. The molecule has 0 amide bonds. The van der Waals surface area contributed by atoms with Crippen LogP contribution >= 0.6 is 0 Å². The van der Waals surface area contributed by atoms with Crippen LogP contribution in [0.3, 0.4) is 0 Å². The summed E-state index contributed by atoms with van der Waals surface area (Å²) in [4.78, 5) is 0. The molecule has 0 saturated carbocycles. The number of hydrogen-bond donors (Lipinski definition) is 0. The number of benzene rings is 9. The van der Waals surface area contributed by atoms with Crippen molar-refractivity contribution in [3.05, 3.63) is 215 Å². The molecule has 0 fully saturated rings. The van der Waals surface area contributed by atoms with Gasteiger partial charge >= 0.3 is 12.4 Å². The van der Waals surface area contributed by atoms with E-state index in [9.17, 15) is 26.3 Å². The third-order valence-electron chi connectivity index (χ3n) is 13.4. The van der Waals surface area contributed by atoms with Crippen LogP contribution in [-0.2, 0) is 12.4 Å². The lowest BCUT2D eigenvalue weighted by Gasteiger charge is -2.23. The van der Waals surface area contributed by atoms with Crippen LogP contribution in [0, 0.1) is 56.7 Å². The van der Waals surface area contributed by atoms with E-state index in [2.05, 4.69) is 30.3 Å². The Morgan fingerprint density at radius 3 is 1.27 bits per heavy atom. The standard InChI is InChI=1S/C61H29F6N7/c62-60(63,64)50-10-6-11-51(61(65,66)67)59(50)39-19-24-56(73-52-12-3-1-8-45(52)47-27-37(17-22-54(47)73)43-20-15-35(30-68)25-41(43)33-71)49(29-39)58-40(32-70)7-5-14-57(58)74-53-13-4-2-9-46(53)48-28-38(18-23-55(48)74)44-21-16-36(31-69)26-42(44)34-72/h1-29H. The van der Waals surface area contributed by atoms with E-state index in [4.69, 9.17) is 0 Å². The topological polar surface area (TPSA) is 129 Å². The first-order chi connectivity index (χ1) is 35.8. The van der Waals surface area contributed by atoms with Crippen molar-refractivity contribution in [2.75, 3.05) is 0 Å². The SMILES string of the molecule is N#Cc1ccc(-c2ccc3c(c2)c2ccccc2n3-c2ccc(-c3c(C(F)(F)F)cccc3C(F)(F)F)cc2-c2c(C#N)cccc2-n2c3ccccc3c3cc(-c4ccc(C#N)cc4C#N)ccc32)c(C#N)c1. The Kier molecular flexibility index (Phi) is 10.9. The molecular formula is C61H29F6N7. The monoisotopic (exact) mass is 973 g/mol. The first kappa shape index (κ1) is 46.0. The van der Waals surface area contributed by atoms with Gasteiger partial charge in [0, 0.05) is 38.2 Å². The summed E-state index contributed by atoms with van der Waals surface area (Å²) in [7, 11) is 0. The fourth-order valence-corrected chi connectivity index (χ4v) is 10.2. The first-order valence-corrected chi connectivity index (χ1v) is 22.7. The van der Waals surface area contributed by atoms with Crippen LogP contribution in [0.25, 0.3) is 99.5 Å². The van der Waals surface area contributed by atoms with Crippen LogP contribution in [0.5, 0.6) is 0 Å². The lowest BCUT2D eigenvalue weighted by atomic mass is 9.89. The molecule has 2 heterocycles. The van der Waals surface area contributed by atoms with Gasteiger partial charge in [-0.25, -0.2) is 0 Å². The predicted octanol–water partition coefficient (Wildman–Crippen LogP) is 15.9. The third-order valence-corrected chi connectivity index (χ3v) is 13.4. The van der Waals surface area contributed by atoms with E-state index in [-0.39, 0.29) is 27.8 Å². The molecule has 0 aliphatic carbocycles. The molecule has 0 N–H and O–H groups in total. The molecule has 0 saturated heterocycles. The smallest absolute Gasteiger partial charge is 0.309 e. The van der Waals surface area contributed by atoms with Gasteiger partial charge in [0.1, 0.15) is 0 Å². The van der Waals surface area contributed by atoms with Gasteiger partial charge in [-0.05, 0) is 125 Å². The highest BCUT2D eigenvalue weighted by atomic mass is 19.4. The van der Waals surface area contributed by atoms with Gasteiger partial charge < -0.3 is 9.13 Å². The van der Waals surface area contributed by atoms with Crippen molar-refractivity contribution in [1.29, 1.82) is 26.3 Å². The summed E-state index contributed by atoms with van der Waals surface area (Å²) in [5.41, 5.74) is 2.73. The highest BCUT2D eigenvalue weighted by Crippen LogP contribution is 2.49. The minimum atomic E-state index is -5.20. The first-order valence-electron chi connectivity index (χ1n) is 22.7. The Morgan fingerprint density at radius 1 is 0.324 bits per heavy atom. The van der Waals surface area contributed by atoms with E-state index in [1.54, 1.807) is 54.6 Å². The van der Waals surface area contributed by atoms with Crippen molar-refractivity contribution in [1.82, 2.24) is 9.13 Å². The second kappa shape index (κ2) is 17.5. The fourth-order valence-electron chi connectivity index (χ4n) is 10.2. The minimum Gasteiger partial charge on any atom is -0.309 e. The van der Waals surface area contributed by atoms with E-state index >= 15 is 26.3 Å². The maximum atomic E-state index is 15.0. The molecule has 9 aromatic carbocycles. The fraction of sp³-hybridized carbons (Fsp3) is 0.0328. The van der Waals surface area contributed by atoms with Crippen molar-refractivity contribution in [3.63, 3.8) is 0 Å². The Balaban J connectivity index is 1.25. The number of rotatable bonds is 6. The molecule has 11 aromatic rings. The molecular weight excluding hydrogens is 945 g/mol. The summed E-state index contributed by atoms with van der Waals surface area (Å²) in [6, 6.07) is 57.2. The Hall–Kier alpha value is -10.4. The van der Waals surface area contributed by atoms with Gasteiger partial charge in [-0.1, -0.05) is 78.9 Å². The summed E-state index contributed by atoms with van der Waals surface area (Å²) < 4.78 is 93.9. The van der Waals surface area contributed by atoms with E-state index in [0.717, 1.165) is 22.2 Å². The van der Waals surface area contributed by atoms with Crippen molar-refractivity contribution in [2.24, 2.45) is 0 Å². The van der Waals surface area contributed by atoms with Crippen LogP contribution in [0.1, 0.15) is 38.9 Å². The summed E-state index contributed by atoms with van der Waals surface area (Å²) in [5.74, 6) is 0. The Morgan fingerprint density at radius 2 is 0.784 bits per heavy atom. The normalized spacial score (nSPS) is 11.6. The van der Waals surface area contributed by atoms with Crippen molar-refractivity contribution >= 4 is 43.6 Å². The van der Waals surface area contributed by atoms with Crippen molar-refractivity contribution in [3.8, 4) is 86.2 Å². The number of halogens is 6. The van der Waals surface area contributed by atoms with Gasteiger partial charge in [0.05, 0.1) is 103 Å². The molecule has 0 atom stereocenters. The molecule has 0 aliphatic heterocycles. The molecule has 11 rings (SSSR count). The maximum Gasteiger partial charge on any atom is 0.417 e. The largest absolute Gasteiger partial charge is 0.417 e. The van der Waals surface area contributed by atoms with Crippen LogP contribution in [0.2, 0.25) is 0 Å². The molecule has 350 valence electrons. The molecule has 0 radical (unpaired) electrons. The average Bonchev–Trinajstić information content (AvgIpc) is 3.93. The second-order valence-electron chi connectivity index (χ2n) is 17.4. The quantitative estimate of drug-likeness (QED) is 0.153. The molecule has 0 unspecified atom stereocenters. The molecule has 0 bridgehead atoms. The molecule has 13 heteroatoms. The summed E-state index contributed by atoms with van der Waals surface area (Å²) in [6.07, 6.45) is -10.4. The maximum absolute atomic E-state index is 15.0. The van der Waals surface area contributed by atoms with Crippen LogP contribution in [-0.4, -0.2) is 9.13 Å². The number of para-hydroxylation sites is 2. The van der Waals surface area contributed by atoms with E-state index in [1.165, 1.54) is 30.3 Å². The van der Waals surface area contributed by atoms with Crippen LogP contribution in [0.15, 0.2) is 176 Å². The lowest BCUT2D eigenvalue weighted by Crippen LogP contribution is -2.14. The molecule has 0 spiro atoms. The molecule has 7 nitrogen and oxygen atoms in total. The number of hydrogen-bond acceptors (Lipinski definition) is 5. The lowest BCUT2D eigenvalue weighted by molar-refractivity contribution is -0.142. The predicted molar refractivity (Wildman–Crippen MR) is 270 cm³/mol. The molecule has 0 aliphatic rings. The van der Waals surface area contributed by atoms with E-state index in [0.29, 0.717) is 84.3 Å². The highest BCUT2D eigenvalue weighted by Gasteiger charge is 2.41. The van der Waals surface area contributed by atoms with E-state index < -0.39 is 34.6 Å². The zero-order valence-corrected chi connectivity index (χ0v) is 38.1. The van der Waals surface area contributed by atoms with Gasteiger partial charge in [-0.15, -0.1) is 0 Å². The van der Waals surface area contributed by atoms with Gasteiger partial charge in [-0.2, -0.15) is 52.7 Å². The van der Waals surface area contributed by atoms with Gasteiger partial charge in [0.15, 0.2) is 0 Å². The molecule has 74 heavy (non-hydrogen) atoms. The van der Waals surface area contributed by atoms with Gasteiger partial charge in [0.25, 0.3) is 0 Å². The van der Waals surface area contributed by atoms with E-state index in [1.807, 2.05) is 81.9 Å². The van der Waals surface area contributed by atoms with Crippen LogP contribution < -0.4 is 0 Å². The molecule has 2 aromatic heterocycles. The number of nitriles is 5. The number of alkyl halides is 6. The van der Waals surface area contributed by atoms with Crippen molar-refractivity contribution in [2.45, 2.75) is 12.4 Å². The van der Waals surface area contributed by atoms with Crippen molar-refractivity contribution < 1.29 is 26.3 Å². The van der Waals surface area contributed by atoms with Gasteiger partial charge in [-0.3, -0.25) is 0 Å². The number of aromatic nitrogens is 2. The second-order valence-corrected chi connectivity index (χ2v) is 17.4. The van der Waals surface area contributed by atoms with Gasteiger partial charge in [0.2, 0.25) is 0 Å². The highest BCUT2D eigenvalue weighted by molar-refractivity contribution is 6.13. The zero-order valence-electron chi connectivity index (χ0n) is 38.1. The Bertz CT molecular complexity index is 4390. The summed E-state index contributed by atoms with van der Waals surface area (Å²) in [6.45, 7) is 0. The number of nitrogens with zero attached hydrogens (tertiary/aromatic N) is 7. The zero-order chi connectivity index (χ0) is 51.6. The number of fused-ring (bicyclic) bond motifs is 6. The average molecular weight is 974 g/mol. The minimum absolute atomic E-state index is 0.0627. The van der Waals surface area contributed by atoms with Crippen LogP contribution in [0.4, 0.5) is 26.3 Å². The Labute approximate surface area is 417 Å².